The molecule has 6 nitrogen and oxygen atoms in total. The topological polar surface area (TPSA) is 101 Å². The van der Waals surface area contributed by atoms with Crippen LogP contribution in [0.1, 0.15) is 24.0 Å². The Labute approximate surface area is 160 Å². The molecule has 0 fully saturated rings. The van der Waals surface area contributed by atoms with Crippen LogP contribution < -0.4 is 15.8 Å². The number of amides is 1. The van der Waals surface area contributed by atoms with Gasteiger partial charge in [0.2, 0.25) is 15.9 Å². The van der Waals surface area contributed by atoms with E-state index in [1.807, 2.05) is 6.07 Å². The van der Waals surface area contributed by atoms with Crippen LogP contribution in [0, 0.1) is 5.92 Å². The second-order valence-electron chi connectivity index (χ2n) is 6.84. The van der Waals surface area contributed by atoms with E-state index in [9.17, 15) is 13.2 Å². The molecule has 2 aromatic rings. The van der Waals surface area contributed by atoms with Crippen molar-refractivity contribution in [1.29, 1.82) is 0 Å². The van der Waals surface area contributed by atoms with Gasteiger partial charge in [-0.3, -0.25) is 4.79 Å². The van der Waals surface area contributed by atoms with Crippen molar-refractivity contribution in [3.05, 3.63) is 59.7 Å². The van der Waals surface area contributed by atoms with E-state index in [1.165, 1.54) is 23.3 Å². The van der Waals surface area contributed by atoms with Crippen LogP contribution in [-0.2, 0) is 27.7 Å². The molecule has 1 aliphatic carbocycles. The van der Waals surface area contributed by atoms with Crippen molar-refractivity contribution in [1.82, 2.24) is 4.72 Å². The molecule has 2 aromatic carbocycles. The van der Waals surface area contributed by atoms with Gasteiger partial charge in [0.25, 0.3) is 0 Å². The van der Waals surface area contributed by atoms with Crippen LogP contribution in [0.4, 0.5) is 5.69 Å². The van der Waals surface area contributed by atoms with E-state index in [0.29, 0.717) is 18.0 Å². The van der Waals surface area contributed by atoms with Crippen molar-refractivity contribution in [2.45, 2.75) is 30.6 Å². The number of hydrogen-bond donors (Lipinski definition) is 3. The van der Waals surface area contributed by atoms with E-state index in [-0.39, 0.29) is 23.9 Å². The van der Waals surface area contributed by atoms with Gasteiger partial charge in [-0.25, -0.2) is 13.1 Å². The summed E-state index contributed by atoms with van der Waals surface area (Å²) in [7, 11) is -3.62. The highest BCUT2D eigenvalue weighted by Gasteiger charge is 2.21. The van der Waals surface area contributed by atoms with Crippen molar-refractivity contribution in [2.24, 2.45) is 11.7 Å². The quantitative estimate of drug-likeness (QED) is 0.677. The molecule has 1 atom stereocenters. The molecule has 0 saturated carbocycles. The molecule has 0 aromatic heterocycles. The fraction of sp³-hybridized carbons (Fsp3) is 0.350. The number of carbonyl (C=O) groups excluding carboxylic acids is 1. The standard InChI is InChI=1S/C20H25N3O3S/c21-10-11-22-27(25,26)19-7-3-6-18(14-19)23-20(24)13-15-8-9-16-4-1-2-5-17(16)12-15/h1-7,14-15,22H,8-13,21H2,(H,23,24). The summed E-state index contributed by atoms with van der Waals surface area (Å²) in [5.74, 6) is 0.210. The number of sulfonamides is 1. The van der Waals surface area contributed by atoms with E-state index >= 15 is 0 Å². The number of fused-ring (bicyclic) bond motifs is 1. The van der Waals surface area contributed by atoms with Crippen molar-refractivity contribution in [3.63, 3.8) is 0 Å². The first-order valence-electron chi connectivity index (χ1n) is 9.14. The number of nitrogens with one attached hydrogen (secondary N) is 2. The number of benzene rings is 2. The highest BCUT2D eigenvalue weighted by atomic mass is 32.2. The van der Waals surface area contributed by atoms with Crippen LogP contribution in [0.2, 0.25) is 0 Å². The van der Waals surface area contributed by atoms with Gasteiger partial charge in [-0.1, -0.05) is 30.3 Å². The molecule has 4 N–H and O–H groups in total. The van der Waals surface area contributed by atoms with Gasteiger partial charge in [-0.05, 0) is 54.5 Å². The van der Waals surface area contributed by atoms with E-state index < -0.39 is 10.0 Å². The average molecular weight is 388 g/mol. The number of nitrogens with two attached hydrogens (primary N) is 1. The zero-order chi connectivity index (χ0) is 19.3. The lowest BCUT2D eigenvalue weighted by Crippen LogP contribution is -2.29. The maximum Gasteiger partial charge on any atom is 0.240 e. The van der Waals surface area contributed by atoms with Crippen LogP contribution in [-0.4, -0.2) is 27.4 Å². The van der Waals surface area contributed by atoms with Crippen LogP contribution in [0.25, 0.3) is 0 Å². The summed E-state index contributed by atoms with van der Waals surface area (Å²) in [5.41, 5.74) is 8.52. The minimum Gasteiger partial charge on any atom is -0.329 e. The lowest BCUT2D eigenvalue weighted by atomic mass is 9.82. The Balaban J connectivity index is 1.61. The highest BCUT2D eigenvalue weighted by Crippen LogP contribution is 2.27. The Morgan fingerprint density at radius 1 is 1.11 bits per heavy atom. The number of rotatable bonds is 7. The van der Waals surface area contributed by atoms with Crippen LogP contribution >= 0.6 is 0 Å². The molecule has 3 rings (SSSR count). The molecule has 0 heterocycles. The van der Waals surface area contributed by atoms with Crippen molar-refractivity contribution >= 4 is 21.6 Å². The summed E-state index contributed by atoms with van der Waals surface area (Å²) >= 11 is 0. The summed E-state index contributed by atoms with van der Waals surface area (Å²) in [6.07, 6.45) is 3.31. The molecule has 7 heteroatoms. The number of carbonyl (C=O) groups is 1. The molecule has 1 amide bonds. The average Bonchev–Trinajstić information content (AvgIpc) is 2.66. The zero-order valence-electron chi connectivity index (χ0n) is 15.1. The first-order valence-corrected chi connectivity index (χ1v) is 10.6. The molecule has 0 radical (unpaired) electrons. The van der Waals surface area contributed by atoms with E-state index in [2.05, 4.69) is 28.2 Å². The van der Waals surface area contributed by atoms with Crippen molar-refractivity contribution in [3.8, 4) is 0 Å². The van der Waals surface area contributed by atoms with Crippen LogP contribution in [0.3, 0.4) is 0 Å². The number of anilines is 1. The fourth-order valence-corrected chi connectivity index (χ4v) is 4.53. The first-order chi connectivity index (χ1) is 13.0. The van der Waals surface area contributed by atoms with Crippen molar-refractivity contribution < 1.29 is 13.2 Å². The minimum atomic E-state index is -3.62. The van der Waals surface area contributed by atoms with Gasteiger partial charge >= 0.3 is 0 Å². The third-order valence-electron chi connectivity index (χ3n) is 4.79. The zero-order valence-corrected chi connectivity index (χ0v) is 16.0. The SMILES string of the molecule is NCCNS(=O)(=O)c1cccc(NC(=O)CC2CCc3ccccc3C2)c1. The fourth-order valence-electron chi connectivity index (χ4n) is 3.44. The molecule has 1 unspecified atom stereocenters. The molecule has 0 saturated heterocycles. The molecule has 1 aliphatic rings. The summed E-state index contributed by atoms with van der Waals surface area (Å²) in [6.45, 7) is 0.391. The summed E-state index contributed by atoms with van der Waals surface area (Å²) in [5, 5.41) is 2.83. The van der Waals surface area contributed by atoms with Gasteiger partial charge in [-0.15, -0.1) is 0 Å². The van der Waals surface area contributed by atoms with Gasteiger partial charge in [-0.2, -0.15) is 0 Å². The number of hydrogen-bond acceptors (Lipinski definition) is 4. The predicted molar refractivity (Wildman–Crippen MR) is 106 cm³/mol. The molecule has 144 valence electrons. The Morgan fingerprint density at radius 3 is 2.67 bits per heavy atom. The van der Waals surface area contributed by atoms with Gasteiger partial charge in [0.15, 0.2) is 0 Å². The second-order valence-corrected chi connectivity index (χ2v) is 8.61. The third-order valence-corrected chi connectivity index (χ3v) is 6.25. The maximum atomic E-state index is 12.4. The van der Waals surface area contributed by atoms with Gasteiger partial charge in [0.05, 0.1) is 4.90 Å². The normalized spacial score (nSPS) is 16.6. The molecule has 0 aliphatic heterocycles. The van der Waals surface area contributed by atoms with Crippen molar-refractivity contribution in [2.75, 3.05) is 18.4 Å². The lowest BCUT2D eigenvalue weighted by molar-refractivity contribution is -0.117. The Hall–Kier alpha value is -2.22. The first kappa shape index (κ1) is 19.5. The third kappa shape index (κ3) is 5.15. The Morgan fingerprint density at radius 2 is 1.89 bits per heavy atom. The maximum absolute atomic E-state index is 12.4. The van der Waals surface area contributed by atoms with E-state index in [1.54, 1.807) is 12.1 Å². The molecule has 27 heavy (non-hydrogen) atoms. The summed E-state index contributed by atoms with van der Waals surface area (Å²) in [6, 6.07) is 14.6. The second kappa shape index (κ2) is 8.65. The van der Waals surface area contributed by atoms with Gasteiger partial charge in [0.1, 0.15) is 0 Å². The summed E-state index contributed by atoms with van der Waals surface area (Å²) < 4.78 is 26.8. The largest absolute Gasteiger partial charge is 0.329 e. The van der Waals surface area contributed by atoms with Gasteiger partial charge < -0.3 is 11.1 Å². The minimum absolute atomic E-state index is 0.0937. The van der Waals surface area contributed by atoms with Crippen LogP contribution in [0.5, 0.6) is 0 Å². The molecular formula is C20H25N3O3S. The summed E-state index contributed by atoms with van der Waals surface area (Å²) in [4.78, 5) is 12.5. The smallest absolute Gasteiger partial charge is 0.240 e. The van der Waals surface area contributed by atoms with Crippen LogP contribution in [0.15, 0.2) is 53.4 Å². The monoisotopic (exact) mass is 387 g/mol. The van der Waals surface area contributed by atoms with E-state index in [0.717, 1.165) is 19.3 Å². The molecule has 0 bridgehead atoms. The predicted octanol–water partition coefficient (Wildman–Crippen LogP) is 2.06. The molecule has 0 spiro atoms. The highest BCUT2D eigenvalue weighted by molar-refractivity contribution is 7.89. The number of aryl methyl sites for hydroxylation is 1. The van der Waals surface area contributed by atoms with Gasteiger partial charge in [0, 0.05) is 25.2 Å². The molecular weight excluding hydrogens is 362 g/mol. The van der Waals surface area contributed by atoms with E-state index in [4.69, 9.17) is 5.73 Å². The lowest BCUT2D eigenvalue weighted by Gasteiger charge is -2.24. The Kier molecular flexibility index (Phi) is 6.26. The Bertz CT molecular complexity index is 912.